The fraction of sp³-hybridized carbons (Fsp3) is 0.632. The number of rotatable bonds is 7. The van der Waals surface area contributed by atoms with Crippen LogP contribution in [-0.4, -0.2) is 44.1 Å². The highest BCUT2D eigenvalue weighted by Crippen LogP contribution is 2.28. The predicted octanol–water partition coefficient (Wildman–Crippen LogP) is 3.56. The highest BCUT2D eigenvalue weighted by Gasteiger charge is 2.26. The molecule has 1 fully saturated rings. The summed E-state index contributed by atoms with van der Waals surface area (Å²) in [5.41, 5.74) is 1.13. The van der Waals surface area contributed by atoms with E-state index >= 15 is 0 Å². The van der Waals surface area contributed by atoms with Crippen LogP contribution < -0.4 is 9.64 Å². The molecule has 1 amide bonds. The lowest BCUT2D eigenvalue weighted by molar-refractivity contribution is -0.136. The molecule has 1 atom stereocenters. The number of anilines is 1. The molecule has 1 aromatic rings. The van der Waals surface area contributed by atoms with Crippen LogP contribution in [0.15, 0.2) is 24.3 Å². The lowest BCUT2D eigenvalue weighted by Crippen LogP contribution is -2.50. The van der Waals surface area contributed by atoms with Gasteiger partial charge in [-0.1, -0.05) is 38.8 Å². The Labute approximate surface area is 140 Å². The van der Waals surface area contributed by atoms with E-state index in [-0.39, 0.29) is 5.92 Å². The summed E-state index contributed by atoms with van der Waals surface area (Å²) < 4.78 is 5.45. The highest BCUT2D eigenvalue weighted by molar-refractivity contribution is 5.79. The normalized spacial score (nSPS) is 16.3. The fourth-order valence-corrected chi connectivity index (χ4v) is 3.27. The number of piperazine rings is 1. The molecule has 23 heavy (non-hydrogen) atoms. The second-order valence-corrected chi connectivity index (χ2v) is 6.23. The molecular weight excluding hydrogens is 288 g/mol. The van der Waals surface area contributed by atoms with Gasteiger partial charge in [-0.3, -0.25) is 4.79 Å². The molecule has 0 saturated carbocycles. The van der Waals surface area contributed by atoms with Crippen LogP contribution in [0, 0.1) is 5.92 Å². The van der Waals surface area contributed by atoms with Crippen LogP contribution in [0.2, 0.25) is 0 Å². The first-order valence-electron chi connectivity index (χ1n) is 8.88. The van der Waals surface area contributed by atoms with Gasteiger partial charge < -0.3 is 14.5 Å². The molecule has 0 bridgehead atoms. The van der Waals surface area contributed by atoms with E-state index in [0.717, 1.165) is 63.3 Å². The van der Waals surface area contributed by atoms with E-state index in [2.05, 4.69) is 29.7 Å². The van der Waals surface area contributed by atoms with E-state index in [4.69, 9.17) is 4.74 Å². The Morgan fingerprint density at radius 3 is 2.48 bits per heavy atom. The Morgan fingerprint density at radius 2 is 1.87 bits per heavy atom. The standard InChI is InChI=1S/C19H30N2O2/c1-4-6-9-16(5-2)19(22)21-14-12-20(13-15-21)17-10-7-8-11-18(17)23-3/h7-8,10-11,16H,4-6,9,12-15H2,1-3H3. The van der Waals surface area contributed by atoms with Gasteiger partial charge in [-0.15, -0.1) is 0 Å². The van der Waals surface area contributed by atoms with Crippen molar-refractivity contribution in [2.45, 2.75) is 39.5 Å². The van der Waals surface area contributed by atoms with Gasteiger partial charge in [-0.2, -0.15) is 0 Å². The van der Waals surface area contributed by atoms with E-state index < -0.39 is 0 Å². The molecule has 0 radical (unpaired) electrons. The number of amides is 1. The third kappa shape index (κ3) is 4.40. The molecular formula is C19H30N2O2. The van der Waals surface area contributed by atoms with E-state index in [1.54, 1.807) is 7.11 Å². The Balaban J connectivity index is 1.94. The summed E-state index contributed by atoms with van der Waals surface area (Å²) in [6.07, 6.45) is 4.28. The van der Waals surface area contributed by atoms with E-state index in [9.17, 15) is 4.79 Å². The van der Waals surface area contributed by atoms with Crippen molar-refractivity contribution in [3.8, 4) is 5.75 Å². The topological polar surface area (TPSA) is 32.8 Å². The maximum absolute atomic E-state index is 12.7. The smallest absolute Gasteiger partial charge is 0.225 e. The molecule has 1 aromatic carbocycles. The largest absolute Gasteiger partial charge is 0.495 e. The van der Waals surface area contributed by atoms with E-state index in [1.165, 1.54) is 0 Å². The summed E-state index contributed by atoms with van der Waals surface area (Å²) in [6.45, 7) is 7.66. The summed E-state index contributed by atoms with van der Waals surface area (Å²) >= 11 is 0. The molecule has 4 nitrogen and oxygen atoms in total. The van der Waals surface area contributed by atoms with Crippen molar-refractivity contribution in [3.63, 3.8) is 0 Å². The SMILES string of the molecule is CCCCC(CC)C(=O)N1CCN(c2ccccc2OC)CC1. The number of para-hydroxylation sites is 2. The number of carbonyl (C=O) groups excluding carboxylic acids is 1. The first-order valence-corrected chi connectivity index (χ1v) is 8.88. The van der Waals surface area contributed by atoms with Crippen molar-refractivity contribution >= 4 is 11.6 Å². The highest BCUT2D eigenvalue weighted by atomic mass is 16.5. The van der Waals surface area contributed by atoms with Crippen molar-refractivity contribution in [2.75, 3.05) is 38.2 Å². The predicted molar refractivity (Wildman–Crippen MR) is 95.1 cm³/mol. The van der Waals surface area contributed by atoms with Gasteiger partial charge >= 0.3 is 0 Å². The zero-order valence-electron chi connectivity index (χ0n) is 14.8. The average Bonchev–Trinajstić information content (AvgIpc) is 2.62. The fourth-order valence-electron chi connectivity index (χ4n) is 3.27. The number of benzene rings is 1. The van der Waals surface area contributed by atoms with Crippen LogP contribution in [0.5, 0.6) is 5.75 Å². The summed E-state index contributed by atoms with van der Waals surface area (Å²) in [6, 6.07) is 8.10. The molecule has 1 aliphatic rings. The maximum Gasteiger partial charge on any atom is 0.225 e. The molecule has 2 rings (SSSR count). The molecule has 0 aromatic heterocycles. The number of hydrogen-bond acceptors (Lipinski definition) is 3. The summed E-state index contributed by atoms with van der Waals surface area (Å²) in [5, 5.41) is 0. The van der Waals surface area contributed by atoms with Crippen molar-refractivity contribution in [2.24, 2.45) is 5.92 Å². The Hall–Kier alpha value is -1.71. The van der Waals surface area contributed by atoms with Crippen molar-refractivity contribution < 1.29 is 9.53 Å². The molecule has 1 aliphatic heterocycles. The van der Waals surface area contributed by atoms with Crippen molar-refractivity contribution in [3.05, 3.63) is 24.3 Å². The molecule has 1 saturated heterocycles. The third-order valence-corrected chi connectivity index (χ3v) is 4.77. The quantitative estimate of drug-likeness (QED) is 0.770. The number of methoxy groups -OCH3 is 1. The molecule has 4 heteroatoms. The first-order chi connectivity index (χ1) is 11.2. The third-order valence-electron chi connectivity index (χ3n) is 4.77. The van der Waals surface area contributed by atoms with Crippen LogP contribution in [0.1, 0.15) is 39.5 Å². The van der Waals surface area contributed by atoms with Gasteiger partial charge in [0.2, 0.25) is 5.91 Å². The molecule has 1 unspecified atom stereocenters. The van der Waals surface area contributed by atoms with Crippen LogP contribution in [0.4, 0.5) is 5.69 Å². The Bertz CT molecular complexity index is 496. The second kappa shape index (κ2) is 8.80. The lowest BCUT2D eigenvalue weighted by Gasteiger charge is -2.38. The zero-order valence-corrected chi connectivity index (χ0v) is 14.8. The monoisotopic (exact) mass is 318 g/mol. The number of unbranched alkanes of at least 4 members (excludes halogenated alkanes) is 1. The Morgan fingerprint density at radius 1 is 1.17 bits per heavy atom. The van der Waals surface area contributed by atoms with Gasteiger partial charge in [0.15, 0.2) is 0 Å². The van der Waals surface area contributed by atoms with Crippen LogP contribution >= 0.6 is 0 Å². The lowest BCUT2D eigenvalue weighted by atomic mass is 9.97. The number of carbonyl (C=O) groups is 1. The van der Waals surface area contributed by atoms with Gasteiger partial charge in [0.05, 0.1) is 12.8 Å². The number of nitrogens with zero attached hydrogens (tertiary/aromatic N) is 2. The summed E-state index contributed by atoms with van der Waals surface area (Å²) in [4.78, 5) is 17.1. The average molecular weight is 318 g/mol. The molecule has 1 heterocycles. The molecule has 0 N–H and O–H groups in total. The first kappa shape index (κ1) is 17.6. The minimum absolute atomic E-state index is 0.202. The molecule has 0 aliphatic carbocycles. The molecule has 128 valence electrons. The maximum atomic E-state index is 12.7. The summed E-state index contributed by atoms with van der Waals surface area (Å²) in [7, 11) is 1.71. The Kier molecular flexibility index (Phi) is 6.75. The van der Waals surface area contributed by atoms with Crippen LogP contribution in [0.25, 0.3) is 0 Å². The second-order valence-electron chi connectivity index (χ2n) is 6.23. The van der Waals surface area contributed by atoms with Crippen LogP contribution in [-0.2, 0) is 4.79 Å². The number of hydrogen-bond donors (Lipinski definition) is 0. The van der Waals surface area contributed by atoms with Gasteiger partial charge in [0, 0.05) is 32.1 Å². The van der Waals surface area contributed by atoms with Gasteiger partial charge in [-0.05, 0) is 25.0 Å². The van der Waals surface area contributed by atoms with Crippen molar-refractivity contribution in [1.29, 1.82) is 0 Å². The van der Waals surface area contributed by atoms with Gasteiger partial charge in [0.1, 0.15) is 5.75 Å². The number of ether oxygens (including phenoxy) is 1. The van der Waals surface area contributed by atoms with E-state index in [0.29, 0.717) is 5.91 Å². The van der Waals surface area contributed by atoms with E-state index in [1.807, 2.05) is 18.2 Å². The molecule has 0 spiro atoms. The minimum atomic E-state index is 0.202. The van der Waals surface area contributed by atoms with Crippen molar-refractivity contribution in [1.82, 2.24) is 4.90 Å². The summed E-state index contributed by atoms with van der Waals surface area (Å²) in [5.74, 6) is 1.45. The zero-order chi connectivity index (χ0) is 16.7. The van der Waals surface area contributed by atoms with Crippen LogP contribution in [0.3, 0.4) is 0 Å². The van der Waals surface area contributed by atoms with Gasteiger partial charge in [0.25, 0.3) is 0 Å². The van der Waals surface area contributed by atoms with Gasteiger partial charge in [-0.25, -0.2) is 0 Å². The minimum Gasteiger partial charge on any atom is -0.495 e.